The van der Waals surface area contributed by atoms with Gasteiger partial charge in [-0.25, -0.2) is 0 Å². The van der Waals surface area contributed by atoms with E-state index in [1.807, 2.05) is 0 Å². The van der Waals surface area contributed by atoms with Gasteiger partial charge in [0.25, 0.3) is 0 Å². The highest BCUT2D eigenvalue weighted by Crippen LogP contribution is 2.62. The third-order valence-electron chi connectivity index (χ3n) is 6.49. The van der Waals surface area contributed by atoms with Crippen molar-refractivity contribution in [1.82, 2.24) is 0 Å². The van der Waals surface area contributed by atoms with E-state index in [0.717, 1.165) is 30.2 Å². The van der Waals surface area contributed by atoms with Crippen LogP contribution in [0.15, 0.2) is 24.3 Å². The number of aryl methyl sites for hydroxylation is 1. The van der Waals surface area contributed by atoms with Crippen molar-refractivity contribution in [2.75, 3.05) is 6.54 Å². The van der Waals surface area contributed by atoms with Gasteiger partial charge in [0, 0.05) is 12.0 Å². The normalized spacial score (nSPS) is 41.5. The number of benzene rings is 1. The van der Waals surface area contributed by atoms with Gasteiger partial charge >= 0.3 is 0 Å². The average molecular weight is 292 g/mol. The molecule has 2 heteroatoms. The number of halogens is 1. The van der Waals surface area contributed by atoms with E-state index in [1.54, 1.807) is 5.56 Å². The van der Waals surface area contributed by atoms with Crippen LogP contribution in [0.5, 0.6) is 0 Å². The number of rotatable bonds is 2. The van der Waals surface area contributed by atoms with E-state index < -0.39 is 0 Å². The lowest BCUT2D eigenvalue weighted by molar-refractivity contribution is -0.0567. The lowest BCUT2D eigenvalue weighted by Crippen LogP contribution is -2.58. The molecule has 4 bridgehead atoms. The van der Waals surface area contributed by atoms with E-state index in [9.17, 15) is 0 Å². The Bertz CT molecular complexity index is 468. The summed E-state index contributed by atoms with van der Waals surface area (Å²) in [6.07, 6.45) is 7.29. The zero-order valence-electron chi connectivity index (χ0n) is 12.3. The highest BCUT2D eigenvalue weighted by Gasteiger charge is 2.57. The lowest BCUT2D eigenvalue weighted by Gasteiger charge is -2.61. The first-order valence-electron chi connectivity index (χ1n) is 7.99. The Labute approximate surface area is 128 Å². The molecule has 5 rings (SSSR count). The largest absolute Gasteiger partial charge is 0.330 e. The number of hydrogen-bond donors (Lipinski definition) is 1. The smallest absolute Gasteiger partial charge is 0.0132 e. The molecule has 0 heterocycles. The van der Waals surface area contributed by atoms with E-state index >= 15 is 0 Å². The summed E-state index contributed by atoms with van der Waals surface area (Å²) >= 11 is 0. The molecule has 0 saturated heterocycles. The molecule has 110 valence electrons. The van der Waals surface area contributed by atoms with Crippen molar-refractivity contribution in [2.24, 2.45) is 29.4 Å². The van der Waals surface area contributed by atoms with Crippen molar-refractivity contribution >= 4 is 12.4 Å². The fourth-order valence-electron chi connectivity index (χ4n) is 5.88. The van der Waals surface area contributed by atoms with E-state index in [1.165, 1.54) is 37.7 Å². The van der Waals surface area contributed by atoms with Gasteiger partial charge in [0.2, 0.25) is 0 Å². The molecule has 2 N–H and O–H groups in total. The van der Waals surface area contributed by atoms with Crippen LogP contribution in [0, 0.1) is 30.6 Å². The van der Waals surface area contributed by atoms with E-state index in [4.69, 9.17) is 5.73 Å². The van der Waals surface area contributed by atoms with E-state index in [0.29, 0.717) is 5.41 Å². The number of hydrogen-bond acceptors (Lipinski definition) is 1. The highest BCUT2D eigenvalue weighted by molar-refractivity contribution is 5.85. The van der Waals surface area contributed by atoms with Crippen molar-refractivity contribution in [2.45, 2.75) is 44.4 Å². The van der Waals surface area contributed by atoms with Crippen LogP contribution in [0.3, 0.4) is 0 Å². The zero-order valence-corrected chi connectivity index (χ0v) is 13.2. The molecule has 0 amide bonds. The minimum Gasteiger partial charge on any atom is -0.330 e. The first-order chi connectivity index (χ1) is 9.22. The highest BCUT2D eigenvalue weighted by atomic mass is 35.5. The first kappa shape index (κ1) is 14.4. The van der Waals surface area contributed by atoms with Crippen molar-refractivity contribution in [3.05, 3.63) is 35.4 Å². The number of nitrogens with two attached hydrogens (primary N) is 1. The second kappa shape index (κ2) is 5.03. The summed E-state index contributed by atoms with van der Waals surface area (Å²) in [5.74, 6) is 3.75. The molecule has 1 nitrogen and oxygen atoms in total. The van der Waals surface area contributed by atoms with Crippen LogP contribution in [-0.2, 0) is 5.41 Å². The van der Waals surface area contributed by atoms with Gasteiger partial charge in [0.1, 0.15) is 0 Å². The zero-order chi connectivity index (χ0) is 13.0. The van der Waals surface area contributed by atoms with E-state index in [-0.39, 0.29) is 12.4 Å². The molecule has 0 aliphatic heterocycles. The van der Waals surface area contributed by atoms with Crippen LogP contribution in [0.4, 0.5) is 0 Å². The molecule has 0 atom stereocenters. The fraction of sp³-hybridized carbons (Fsp3) is 0.667. The van der Waals surface area contributed by atoms with E-state index in [2.05, 4.69) is 31.2 Å². The average Bonchev–Trinajstić information content (AvgIpc) is 2.38. The van der Waals surface area contributed by atoms with Gasteiger partial charge in [0.05, 0.1) is 0 Å². The second-order valence-corrected chi connectivity index (χ2v) is 7.42. The van der Waals surface area contributed by atoms with Crippen molar-refractivity contribution in [3.63, 3.8) is 0 Å². The van der Waals surface area contributed by atoms with Crippen LogP contribution < -0.4 is 5.73 Å². The third kappa shape index (κ3) is 1.86. The Balaban J connectivity index is 0.00000121. The van der Waals surface area contributed by atoms with Crippen LogP contribution in [0.25, 0.3) is 0 Å². The van der Waals surface area contributed by atoms with Gasteiger partial charge in [-0.15, -0.1) is 12.4 Å². The molecule has 1 aromatic carbocycles. The molecule has 4 aliphatic carbocycles. The summed E-state index contributed by atoms with van der Waals surface area (Å²) in [4.78, 5) is 0. The quantitative estimate of drug-likeness (QED) is 0.873. The molecular weight excluding hydrogens is 266 g/mol. The second-order valence-electron chi connectivity index (χ2n) is 7.42. The molecule has 4 aliphatic rings. The van der Waals surface area contributed by atoms with Gasteiger partial charge in [-0.05, 0) is 68.3 Å². The van der Waals surface area contributed by atoms with Crippen molar-refractivity contribution in [3.8, 4) is 0 Å². The topological polar surface area (TPSA) is 26.0 Å². The minimum atomic E-state index is 0. The third-order valence-corrected chi connectivity index (χ3v) is 6.49. The summed E-state index contributed by atoms with van der Waals surface area (Å²) in [5, 5.41) is 0. The molecule has 0 spiro atoms. The minimum absolute atomic E-state index is 0. The van der Waals surface area contributed by atoms with Crippen molar-refractivity contribution < 1.29 is 0 Å². The van der Waals surface area contributed by atoms with Gasteiger partial charge < -0.3 is 5.73 Å². The van der Waals surface area contributed by atoms with Crippen LogP contribution in [0.1, 0.15) is 43.2 Å². The maximum atomic E-state index is 6.37. The predicted octanol–water partition coefficient (Wildman–Crippen LogP) is 4.07. The van der Waals surface area contributed by atoms with Gasteiger partial charge in [-0.3, -0.25) is 0 Å². The molecule has 0 unspecified atom stereocenters. The summed E-state index contributed by atoms with van der Waals surface area (Å²) in [7, 11) is 0. The van der Waals surface area contributed by atoms with Crippen LogP contribution in [0.2, 0.25) is 0 Å². The van der Waals surface area contributed by atoms with Gasteiger partial charge in [0.15, 0.2) is 0 Å². The Morgan fingerprint density at radius 1 is 1.05 bits per heavy atom. The van der Waals surface area contributed by atoms with Crippen molar-refractivity contribution in [1.29, 1.82) is 0 Å². The molecule has 1 aromatic rings. The lowest BCUT2D eigenvalue weighted by atomic mass is 9.44. The monoisotopic (exact) mass is 291 g/mol. The molecule has 0 radical (unpaired) electrons. The summed E-state index contributed by atoms with van der Waals surface area (Å²) in [5.41, 5.74) is 9.61. The maximum Gasteiger partial charge on any atom is 0.0132 e. The molecule has 0 aromatic heterocycles. The molecular formula is C18H26ClN. The Morgan fingerprint density at radius 2 is 1.65 bits per heavy atom. The Morgan fingerprint density at radius 3 is 2.15 bits per heavy atom. The Hall–Kier alpha value is -0.530. The van der Waals surface area contributed by atoms with Crippen LogP contribution in [-0.4, -0.2) is 6.54 Å². The SMILES string of the molecule is Cc1cccc(C2(CN)C3CC4CC(C3)CC2C4)c1.Cl. The van der Waals surface area contributed by atoms with Gasteiger partial charge in [-0.1, -0.05) is 29.8 Å². The molecule has 4 fully saturated rings. The summed E-state index contributed by atoms with van der Waals surface area (Å²) in [6, 6.07) is 9.20. The van der Waals surface area contributed by atoms with Gasteiger partial charge in [-0.2, -0.15) is 0 Å². The summed E-state index contributed by atoms with van der Waals surface area (Å²) < 4.78 is 0. The first-order valence-corrected chi connectivity index (χ1v) is 7.99. The Kier molecular flexibility index (Phi) is 3.63. The van der Waals surface area contributed by atoms with Crippen LogP contribution >= 0.6 is 12.4 Å². The summed E-state index contributed by atoms with van der Waals surface area (Å²) in [6.45, 7) is 3.06. The molecule has 4 saturated carbocycles. The standard InChI is InChI=1S/C18H25N.ClH/c1-12-3-2-4-15(5-12)18(11-19)16-7-13-6-14(9-16)10-17(18)8-13;/h2-5,13-14,16-17H,6-11,19H2,1H3;1H. The fourth-order valence-corrected chi connectivity index (χ4v) is 5.88. The maximum absolute atomic E-state index is 6.37. The predicted molar refractivity (Wildman–Crippen MR) is 86.2 cm³/mol. The molecule has 20 heavy (non-hydrogen) atoms.